The number of carboxylic acid groups (broad SMARTS) is 1. The maximum absolute atomic E-state index is 11.4. The van der Waals surface area contributed by atoms with Gasteiger partial charge < -0.3 is 15.2 Å². The number of ether oxygens (including phenoxy) is 1. The first kappa shape index (κ1) is 20.8. The molecule has 7 nitrogen and oxygen atoms in total. The Hall–Kier alpha value is -3.22. The summed E-state index contributed by atoms with van der Waals surface area (Å²) in [6.45, 7) is 1.74. The SMILES string of the molecule is CC(=O)NC(CC(=O)O)C(=O)COC(C)=O.c1ccc2ccccc2c1. The molecule has 2 aromatic carbocycles. The molecule has 0 heterocycles. The number of Topliss-reactive ketones (excluding diaryl/α,β-unsaturated/α-hetero) is 1. The zero-order valence-corrected chi connectivity index (χ0v) is 14.6. The van der Waals surface area contributed by atoms with E-state index in [-0.39, 0.29) is 0 Å². The summed E-state index contributed by atoms with van der Waals surface area (Å²) >= 11 is 0. The first-order valence-corrected chi connectivity index (χ1v) is 7.88. The van der Waals surface area contributed by atoms with Crippen LogP contribution in [-0.2, 0) is 23.9 Å². The topological polar surface area (TPSA) is 110 Å². The fourth-order valence-corrected chi connectivity index (χ4v) is 2.07. The van der Waals surface area contributed by atoms with Gasteiger partial charge in [-0.05, 0) is 10.8 Å². The minimum Gasteiger partial charge on any atom is -0.481 e. The van der Waals surface area contributed by atoms with E-state index in [1.807, 2.05) is 0 Å². The summed E-state index contributed by atoms with van der Waals surface area (Å²) in [5.74, 6) is -3.06. The second-order valence-corrected chi connectivity index (χ2v) is 5.44. The lowest BCUT2D eigenvalue weighted by molar-refractivity contribution is -0.147. The molecule has 0 radical (unpaired) electrons. The van der Waals surface area contributed by atoms with Crippen molar-refractivity contribution < 1.29 is 29.0 Å². The molecule has 138 valence electrons. The van der Waals surface area contributed by atoms with Crippen molar-refractivity contribution in [2.75, 3.05) is 6.61 Å². The van der Waals surface area contributed by atoms with Gasteiger partial charge in [-0.1, -0.05) is 48.5 Å². The van der Waals surface area contributed by atoms with Crippen molar-refractivity contribution in [3.8, 4) is 0 Å². The summed E-state index contributed by atoms with van der Waals surface area (Å²) in [6.07, 6.45) is -0.542. The molecule has 2 rings (SSSR count). The minimum absolute atomic E-state index is 0.526. The molecule has 0 aromatic heterocycles. The zero-order valence-electron chi connectivity index (χ0n) is 14.6. The van der Waals surface area contributed by atoms with Gasteiger partial charge in [-0.25, -0.2) is 0 Å². The Morgan fingerprint density at radius 2 is 1.42 bits per heavy atom. The smallest absolute Gasteiger partial charge is 0.305 e. The highest BCUT2D eigenvalue weighted by Crippen LogP contribution is 2.11. The van der Waals surface area contributed by atoms with Gasteiger partial charge in [0.15, 0.2) is 12.4 Å². The van der Waals surface area contributed by atoms with E-state index < -0.39 is 42.7 Å². The molecule has 0 aliphatic heterocycles. The van der Waals surface area contributed by atoms with Gasteiger partial charge in [0, 0.05) is 13.8 Å². The van der Waals surface area contributed by atoms with Gasteiger partial charge >= 0.3 is 11.9 Å². The molecule has 26 heavy (non-hydrogen) atoms. The Labute approximate surface area is 151 Å². The standard InChI is InChI=1S/C10H8.C9H13NO6/c1-2-6-10-8-4-3-7-9(10)5-1;1-5(11)10-7(3-9(14)15)8(13)4-16-6(2)12/h1-8H;7H,3-4H2,1-2H3,(H,10,11)(H,14,15). The Morgan fingerprint density at radius 1 is 0.962 bits per heavy atom. The van der Waals surface area contributed by atoms with Gasteiger partial charge in [-0.3, -0.25) is 19.2 Å². The summed E-state index contributed by atoms with van der Waals surface area (Å²) < 4.78 is 4.42. The first-order chi connectivity index (χ1) is 12.3. The molecule has 0 spiro atoms. The zero-order chi connectivity index (χ0) is 19.5. The van der Waals surface area contributed by atoms with Crippen molar-refractivity contribution in [2.24, 2.45) is 0 Å². The third kappa shape index (κ3) is 8.05. The average Bonchev–Trinajstić information content (AvgIpc) is 2.59. The van der Waals surface area contributed by atoms with Crippen LogP contribution in [0.5, 0.6) is 0 Å². The predicted molar refractivity (Wildman–Crippen MR) is 95.4 cm³/mol. The summed E-state index contributed by atoms with van der Waals surface area (Å²) in [5.41, 5.74) is 0. The highest BCUT2D eigenvalue weighted by molar-refractivity contribution is 5.93. The van der Waals surface area contributed by atoms with Crippen LogP contribution in [0.1, 0.15) is 20.3 Å². The molecule has 0 bridgehead atoms. The van der Waals surface area contributed by atoms with Gasteiger partial charge in [-0.2, -0.15) is 0 Å². The van der Waals surface area contributed by atoms with Crippen LogP contribution in [0.4, 0.5) is 0 Å². The number of nitrogens with one attached hydrogen (secondary N) is 1. The fraction of sp³-hybridized carbons (Fsp3) is 0.263. The van der Waals surface area contributed by atoms with E-state index in [2.05, 4.69) is 58.6 Å². The molecule has 0 saturated heterocycles. The third-order valence-electron chi connectivity index (χ3n) is 3.22. The van der Waals surface area contributed by atoms with Crippen molar-refractivity contribution in [3.05, 3.63) is 48.5 Å². The molecule has 0 aliphatic rings. The first-order valence-electron chi connectivity index (χ1n) is 7.88. The molecule has 1 unspecified atom stereocenters. The van der Waals surface area contributed by atoms with Gasteiger partial charge in [0.25, 0.3) is 0 Å². The highest BCUT2D eigenvalue weighted by Gasteiger charge is 2.23. The molecule has 7 heteroatoms. The van der Waals surface area contributed by atoms with Gasteiger partial charge in [-0.15, -0.1) is 0 Å². The molecule has 0 saturated carbocycles. The number of rotatable bonds is 6. The summed E-state index contributed by atoms with van der Waals surface area (Å²) in [5, 5.41) is 13.3. The lowest BCUT2D eigenvalue weighted by Gasteiger charge is -2.14. The number of hydrogen-bond acceptors (Lipinski definition) is 5. The number of esters is 1. The number of carbonyl (C=O) groups is 4. The second kappa shape index (κ2) is 10.6. The number of carboxylic acids is 1. The largest absolute Gasteiger partial charge is 0.481 e. The van der Waals surface area contributed by atoms with Crippen molar-refractivity contribution in [1.82, 2.24) is 5.32 Å². The monoisotopic (exact) mass is 359 g/mol. The lowest BCUT2D eigenvalue weighted by atomic mass is 10.1. The Bertz CT molecular complexity index is 705. The molecule has 0 aliphatic carbocycles. The van der Waals surface area contributed by atoms with E-state index >= 15 is 0 Å². The number of benzene rings is 2. The van der Waals surface area contributed by atoms with Crippen LogP contribution in [0.15, 0.2) is 48.5 Å². The number of fused-ring (bicyclic) bond motifs is 1. The van der Waals surface area contributed by atoms with Gasteiger partial charge in [0.1, 0.15) is 6.04 Å². The normalized spacial score (nSPS) is 10.8. The molecular formula is C19H21NO6. The van der Waals surface area contributed by atoms with Crippen molar-refractivity contribution in [2.45, 2.75) is 26.3 Å². The molecule has 2 N–H and O–H groups in total. The number of amides is 1. The third-order valence-corrected chi connectivity index (χ3v) is 3.22. The van der Waals surface area contributed by atoms with E-state index in [0.29, 0.717) is 0 Å². The van der Waals surface area contributed by atoms with E-state index in [9.17, 15) is 19.2 Å². The number of ketones is 1. The van der Waals surface area contributed by atoms with Crippen LogP contribution in [-0.4, -0.2) is 41.4 Å². The van der Waals surface area contributed by atoms with Crippen LogP contribution in [0, 0.1) is 0 Å². The van der Waals surface area contributed by atoms with Crippen LogP contribution in [0.3, 0.4) is 0 Å². The summed E-state index contributed by atoms with van der Waals surface area (Å²) in [6, 6.07) is 15.5. The van der Waals surface area contributed by atoms with Crippen LogP contribution in [0.25, 0.3) is 10.8 Å². The van der Waals surface area contributed by atoms with Crippen molar-refractivity contribution >= 4 is 34.4 Å². The number of carbonyl (C=O) groups excluding carboxylic acids is 3. The molecule has 1 atom stereocenters. The summed E-state index contributed by atoms with van der Waals surface area (Å²) in [7, 11) is 0. The van der Waals surface area contributed by atoms with E-state index in [1.54, 1.807) is 0 Å². The quantitative estimate of drug-likeness (QED) is 0.763. The van der Waals surface area contributed by atoms with Crippen LogP contribution < -0.4 is 5.32 Å². The Balaban J connectivity index is 0.000000284. The van der Waals surface area contributed by atoms with Gasteiger partial charge in [0.05, 0.1) is 6.42 Å². The molecule has 2 aromatic rings. The number of hydrogen-bond donors (Lipinski definition) is 2. The highest BCUT2D eigenvalue weighted by atomic mass is 16.5. The Kier molecular flexibility index (Phi) is 8.49. The van der Waals surface area contributed by atoms with E-state index in [0.717, 1.165) is 13.8 Å². The Morgan fingerprint density at radius 3 is 1.77 bits per heavy atom. The maximum atomic E-state index is 11.4. The van der Waals surface area contributed by atoms with Gasteiger partial charge in [0.2, 0.25) is 5.91 Å². The molecule has 0 fully saturated rings. The fourth-order valence-electron chi connectivity index (χ4n) is 2.07. The van der Waals surface area contributed by atoms with Crippen LogP contribution in [0.2, 0.25) is 0 Å². The molecular weight excluding hydrogens is 338 g/mol. The second-order valence-electron chi connectivity index (χ2n) is 5.44. The predicted octanol–water partition coefficient (Wildman–Crippen LogP) is 1.94. The maximum Gasteiger partial charge on any atom is 0.305 e. The van der Waals surface area contributed by atoms with Crippen molar-refractivity contribution in [3.63, 3.8) is 0 Å². The summed E-state index contributed by atoms with van der Waals surface area (Å²) in [4.78, 5) is 42.9. The average molecular weight is 359 g/mol. The lowest BCUT2D eigenvalue weighted by Crippen LogP contribution is -2.43. The minimum atomic E-state index is -1.23. The molecule has 1 amide bonds. The van der Waals surface area contributed by atoms with E-state index in [4.69, 9.17) is 5.11 Å². The van der Waals surface area contributed by atoms with Crippen LogP contribution >= 0.6 is 0 Å². The number of aliphatic carboxylic acids is 1. The van der Waals surface area contributed by atoms with E-state index in [1.165, 1.54) is 10.8 Å². The van der Waals surface area contributed by atoms with Crippen molar-refractivity contribution in [1.29, 1.82) is 0 Å².